The van der Waals surface area contributed by atoms with Crippen molar-refractivity contribution in [1.29, 1.82) is 0 Å². The van der Waals surface area contributed by atoms with Crippen molar-refractivity contribution in [3.63, 3.8) is 0 Å². The van der Waals surface area contributed by atoms with Crippen molar-refractivity contribution in [2.45, 2.75) is 29.9 Å². The van der Waals surface area contributed by atoms with Crippen LogP contribution in [0.25, 0.3) is 21.9 Å². The van der Waals surface area contributed by atoms with E-state index >= 15 is 0 Å². The van der Waals surface area contributed by atoms with Gasteiger partial charge in [0.1, 0.15) is 22.2 Å². The summed E-state index contributed by atoms with van der Waals surface area (Å²) < 4.78 is 54.7. The standard InChI is InChI=1S/C18H19F2N3O3S/c1-27(25,26)17-12(20)4-5-14-16(17)11-7-10(19)8-22-18(11)23(14)13-3-2-6-21-9-15(13)24/h4-5,7-8,13,15,21,24H,2-3,6,9H2,1H3/t13-,15-/m0/s1. The minimum atomic E-state index is -3.92. The Bertz CT molecular complexity index is 1140. The number of β-amino-alcohol motifs (C(OH)–C–C–N with tert-alkyl or cyclic N) is 1. The average Bonchev–Trinajstić information content (AvgIpc) is 2.74. The highest BCUT2D eigenvalue weighted by molar-refractivity contribution is 7.91. The highest BCUT2D eigenvalue weighted by Gasteiger charge is 2.30. The first-order chi connectivity index (χ1) is 12.8. The van der Waals surface area contributed by atoms with E-state index in [0.29, 0.717) is 24.1 Å². The molecule has 3 aromatic rings. The first-order valence-electron chi connectivity index (χ1n) is 8.65. The lowest BCUT2D eigenvalue weighted by atomic mass is 10.1. The second-order valence-corrected chi connectivity index (χ2v) is 8.87. The van der Waals surface area contributed by atoms with Crippen LogP contribution in [0, 0.1) is 11.6 Å². The molecule has 0 bridgehead atoms. The van der Waals surface area contributed by atoms with E-state index in [0.717, 1.165) is 37.6 Å². The van der Waals surface area contributed by atoms with E-state index in [1.54, 1.807) is 4.57 Å². The highest BCUT2D eigenvalue weighted by Crippen LogP contribution is 2.38. The number of hydrogen-bond donors (Lipinski definition) is 2. The van der Waals surface area contributed by atoms with Crippen molar-refractivity contribution in [1.82, 2.24) is 14.9 Å². The number of halogens is 2. The van der Waals surface area contributed by atoms with Crippen LogP contribution in [0.4, 0.5) is 8.78 Å². The Morgan fingerprint density at radius 3 is 2.85 bits per heavy atom. The molecule has 9 heteroatoms. The summed E-state index contributed by atoms with van der Waals surface area (Å²) in [7, 11) is -3.92. The lowest BCUT2D eigenvalue weighted by molar-refractivity contribution is 0.119. The molecule has 1 saturated heterocycles. The molecule has 0 spiro atoms. The number of aliphatic hydroxyl groups excluding tert-OH is 1. The van der Waals surface area contributed by atoms with Crippen LogP contribution in [0.1, 0.15) is 18.9 Å². The third-order valence-corrected chi connectivity index (χ3v) is 6.17. The van der Waals surface area contributed by atoms with Gasteiger partial charge in [-0.05, 0) is 37.6 Å². The highest BCUT2D eigenvalue weighted by atomic mass is 32.2. The number of benzene rings is 1. The largest absolute Gasteiger partial charge is 0.390 e. The van der Waals surface area contributed by atoms with Crippen LogP contribution >= 0.6 is 0 Å². The third kappa shape index (κ3) is 2.99. The molecule has 27 heavy (non-hydrogen) atoms. The molecule has 0 unspecified atom stereocenters. The van der Waals surface area contributed by atoms with E-state index in [1.807, 2.05) is 0 Å². The fourth-order valence-corrected chi connectivity index (χ4v) is 4.95. The number of sulfone groups is 1. The molecule has 1 aliphatic heterocycles. The van der Waals surface area contributed by atoms with Gasteiger partial charge in [0.25, 0.3) is 0 Å². The molecule has 0 radical (unpaired) electrons. The van der Waals surface area contributed by atoms with Crippen molar-refractivity contribution < 1.29 is 22.3 Å². The summed E-state index contributed by atoms with van der Waals surface area (Å²) in [6.07, 6.45) is 2.63. The molecule has 2 atom stereocenters. The number of nitrogens with zero attached hydrogens (tertiary/aromatic N) is 2. The molecule has 144 valence electrons. The third-order valence-electron chi connectivity index (χ3n) is 5.03. The fourth-order valence-electron chi connectivity index (χ4n) is 3.94. The molecule has 2 N–H and O–H groups in total. The van der Waals surface area contributed by atoms with E-state index < -0.39 is 38.5 Å². The summed E-state index contributed by atoms with van der Waals surface area (Å²) in [5.41, 5.74) is 0.740. The Morgan fingerprint density at radius 1 is 1.33 bits per heavy atom. The summed E-state index contributed by atoms with van der Waals surface area (Å²) in [6, 6.07) is 3.32. The second-order valence-electron chi connectivity index (χ2n) is 6.92. The van der Waals surface area contributed by atoms with E-state index in [4.69, 9.17) is 0 Å². The SMILES string of the molecule is CS(=O)(=O)c1c(F)ccc2c1c1cc(F)cnc1n2[C@H]1CCCNC[C@@H]1O. The molecule has 2 aromatic heterocycles. The smallest absolute Gasteiger partial charge is 0.179 e. The molecule has 0 amide bonds. The van der Waals surface area contributed by atoms with Crippen LogP contribution < -0.4 is 5.32 Å². The zero-order valence-electron chi connectivity index (χ0n) is 14.6. The summed E-state index contributed by atoms with van der Waals surface area (Å²) >= 11 is 0. The van der Waals surface area contributed by atoms with Crippen LogP contribution in [-0.4, -0.2) is 48.5 Å². The van der Waals surface area contributed by atoms with E-state index in [1.165, 1.54) is 6.07 Å². The van der Waals surface area contributed by atoms with Crippen molar-refractivity contribution in [3.05, 3.63) is 36.0 Å². The van der Waals surface area contributed by atoms with Crippen molar-refractivity contribution in [2.24, 2.45) is 0 Å². The Balaban J connectivity index is 2.16. The fraction of sp³-hybridized carbons (Fsp3) is 0.389. The van der Waals surface area contributed by atoms with Crippen LogP contribution in [0.3, 0.4) is 0 Å². The zero-order chi connectivity index (χ0) is 19.3. The van der Waals surface area contributed by atoms with E-state index in [-0.39, 0.29) is 10.8 Å². The van der Waals surface area contributed by atoms with Crippen molar-refractivity contribution in [2.75, 3.05) is 19.3 Å². The molecule has 4 rings (SSSR count). The molecular weight excluding hydrogens is 376 g/mol. The summed E-state index contributed by atoms with van der Waals surface area (Å²) in [5, 5.41) is 14.1. The molecule has 0 aliphatic carbocycles. The molecule has 6 nitrogen and oxygen atoms in total. The van der Waals surface area contributed by atoms with Gasteiger partial charge in [0.15, 0.2) is 9.84 Å². The topological polar surface area (TPSA) is 84.2 Å². The molecule has 3 heterocycles. The first kappa shape index (κ1) is 18.3. The number of pyridine rings is 1. The van der Waals surface area contributed by atoms with Gasteiger partial charge in [0.05, 0.1) is 23.9 Å². The predicted molar refractivity (Wildman–Crippen MR) is 97.4 cm³/mol. The maximum Gasteiger partial charge on any atom is 0.179 e. The Kier molecular flexibility index (Phi) is 4.40. The van der Waals surface area contributed by atoms with E-state index in [2.05, 4.69) is 10.3 Å². The van der Waals surface area contributed by atoms with Gasteiger partial charge in [-0.2, -0.15) is 0 Å². The summed E-state index contributed by atoms with van der Waals surface area (Å²) in [5.74, 6) is -1.54. The van der Waals surface area contributed by atoms with E-state index in [9.17, 15) is 22.3 Å². The van der Waals surface area contributed by atoms with Crippen LogP contribution in [0.2, 0.25) is 0 Å². The Labute approximate surface area is 154 Å². The number of hydrogen-bond acceptors (Lipinski definition) is 5. The molecular formula is C18H19F2N3O3S. The minimum absolute atomic E-state index is 0.101. The lowest BCUT2D eigenvalue weighted by Crippen LogP contribution is -2.31. The number of rotatable bonds is 2. The van der Waals surface area contributed by atoms with Gasteiger partial charge in [0.2, 0.25) is 0 Å². The van der Waals surface area contributed by atoms with Gasteiger partial charge in [-0.15, -0.1) is 0 Å². The van der Waals surface area contributed by atoms with Gasteiger partial charge in [-0.25, -0.2) is 22.2 Å². The average molecular weight is 395 g/mol. The monoisotopic (exact) mass is 395 g/mol. The van der Waals surface area contributed by atoms with Gasteiger partial charge in [-0.1, -0.05) is 0 Å². The quantitative estimate of drug-likeness (QED) is 0.695. The number of nitrogens with one attached hydrogen (secondary N) is 1. The van der Waals surface area contributed by atoms with Gasteiger partial charge < -0.3 is 15.0 Å². The van der Waals surface area contributed by atoms with Crippen LogP contribution in [0.15, 0.2) is 29.3 Å². The maximum absolute atomic E-state index is 14.5. The van der Waals surface area contributed by atoms with Gasteiger partial charge in [-0.3, -0.25) is 0 Å². The summed E-state index contributed by atoms with van der Waals surface area (Å²) in [6.45, 7) is 1.11. The maximum atomic E-state index is 14.5. The summed E-state index contributed by atoms with van der Waals surface area (Å²) in [4.78, 5) is 3.68. The zero-order valence-corrected chi connectivity index (χ0v) is 15.4. The number of fused-ring (bicyclic) bond motifs is 3. The number of aromatic nitrogens is 2. The van der Waals surface area contributed by atoms with Gasteiger partial charge >= 0.3 is 0 Å². The minimum Gasteiger partial charge on any atom is -0.390 e. The molecule has 0 saturated carbocycles. The molecule has 1 aliphatic rings. The molecule has 1 fully saturated rings. The lowest BCUT2D eigenvalue weighted by Gasteiger charge is -2.23. The van der Waals surface area contributed by atoms with Gasteiger partial charge in [0, 0.05) is 23.6 Å². The Hall–Kier alpha value is -2.10. The van der Waals surface area contributed by atoms with Crippen molar-refractivity contribution in [3.8, 4) is 0 Å². The first-order valence-corrected chi connectivity index (χ1v) is 10.5. The van der Waals surface area contributed by atoms with Crippen molar-refractivity contribution >= 4 is 31.8 Å². The van der Waals surface area contributed by atoms with Crippen LogP contribution in [-0.2, 0) is 9.84 Å². The predicted octanol–water partition coefficient (Wildman–Crippen LogP) is 2.16. The Morgan fingerprint density at radius 2 is 2.11 bits per heavy atom. The number of aliphatic hydroxyl groups is 1. The van der Waals surface area contributed by atoms with Crippen LogP contribution in [0.5, 0.6) is 0 Å². The normalized spacial score (nSPS) is 21.6. The second kappa shape index (κ2) is 6.50. The molecule has 1 aromatic carbocycles.